The van der Waals surface area contributed by atoms with Crippen LogP contribution in [0, 0.1) is 11.6 Å². The van der Waals surface area contributed by atoms with Gasteiger partial charge in [0, 0.05) is 11.4 Å². The number of β-amino-alcohol motifs (C(OH)–C–C–N with tert-alkyl or cyclic N) is 1. The van der Waals surface area contributed by atoms with Crippen LogP contribution in [0.15, 0.2) is 36.4 Å². The molecule has 0 aliphatic carbocycles. The monoisotopic (exact) mass is 502 g/mol. The average Bonchev–Trinajstić information content (AvgIpc) is 3.29. The Bertz CT molecular complexity index is 1280. The van der Waals surface area contributed by atoms with E-state index in [4.69, 9.17) is 5.73 Å². The molecule has 1 saturated heterocycles. The molecule has 35 heavy (non-hydrogen) atoms. The van der Waals surface area contributed by atoms with Crippen LogP contribution < -0.4 is 11.1 Å². The first kappa shape index (κ1) is 24.7. The molecule has 1 aromatic carbocycles. The number of hydrogen-bond acceptors (Lipinski definition) is 7. The van der Waals surface area contributed by atoms with Gasteiger partial charge in [-0.3, -0.25) is 9.59 Å². The molecule has 1 aliphatic rings. The molecule has 184 valence electrons. The van der Waals surface area contributed by atoms with Gasteiger partial charge in [0.1, 0.15) is 22.5 Å². The van der Waals surface area contributed by atoms with E-state index in [1.165, 1.54) is 24.8 Å². The molecule has 0 spiro atoms. The molecule has 0 saturated carbocycles. The summed E-state index contributed by atoms with van der Waals surface area (Å²) in [6.45, 7) is 3.26. The molecule has 1 aliphatic heterocycles. The topological polar surface area (TPSA) is 129 Å². The number of nitrogens with one attached hydrogen (secondary N) is 1. The van der Waals surface area contributed by atoms with E-state index < -0.39 is 29.2 Å². The van der Waals surface area contributed by atoms with Crippen molar-refractivity contribution in [1.82, 2.24) is 9.88 Å². The lowest BCUT2D eigenvalue weighted by atomic mass is 9.96. The number of aliphatic hydroxyl groups is 2. The van der Waals surface area contributed by atoms with E-state index in [-0.39, 0.29) is 52.0 Å². The summed E-state index contributed by atoms with van der Waals surface area (Å²) in [5.41, 5.74) is 4.38. The van der Waals surface area contributed by atoms with Crippen molar-refractivity contribution in [3.05, 3.63) is 64.9 Å². The van der Waals surface area contributed by atoms with Gasteiger partial charge in [0.15, 0.2) is 0 Å². The van der Waals surface area contributed by atoms with E-state index in [1.807, 2.05) is 0 Å². The standard InChI is InChI=1S/C24H24F2N4O4S/c1-24(2,34)12-6-16(25)21(17(26)7-12)18-9-15(22(27)33)23(35-18)29-19-5-3-4-13(28-19)10-30-11-14(31)8-20(30)32/h3-7,9,14,31,34H,8,10-11H2,1-2H3,(H2,27,33)(H,28,29)/t14-/m0/s1. The van der Waals surface area contributed by atoms with Crippen molar-refractivity contribution in [3.8, 4) is 10.4 Å². The predicted octanol–water partition coefficient (Wildman–Crippen LogP) is 3.25. The zero-order chi connectivity index (χ0) is 25.5. The van der Waals surface area contributed by atoms with Crippen LogP contribution in [0.4, 0.5) is 19.6 Å². The number of pyridine rings is 1. The molecule has 8 nitrogen and oxygen atoms in total. The fraction of sp³-hybridized carbons (Fsp3) is 0.292. The number of likely N-dealkylation sites (tertiary alicyclic amines) is 1. The first-order valence-corrected chi connectivity index (χ1v) is 11.6. The number of hydrogen-bond donors (Lipinski definition) is 4. The van der Waals surface area contributed by atoms with Crippen molar-refractivity contribution in [1.29, 1.82) is 0 Å². The lowest BCUT2D eigenvalue weighted by molar-refractivity contribution is -0.128. The Hall–Kier alpha value is -3.41. The third-order valence-corrected chi connectivity index (χ3v) is 6.66. The Kier molecular flexibility index (Phi) is 6.58. The quantitative estimate of drug-likeness (QED) is 0.393. The van der Waals surface area contributed by atoms with E-state index in [1.54, 1.807) is 18.2 Å². The first-order valence-electron chi connectivity index (χ1n) is 10.8. The normalized spacial score (nSPS) is 16.1. The Labute approximate surface area is 204 Å². The van der Waals surface area contributed by atoms with Crippen molar-refractivity contribution in [2.45, 2.75) is 38.5 Å². The van der Waals surface area contributed by atoms with Crippen molar-refractivity contribution in [2.24, 2.45) is 5.73 Å². The number of carbonyl (C=O) groups excluding carboxylic acids is 2. The molecule has 1 atom stereocenters. The summed E-state index contributed by atoms with van der Waals surface area (Å²) in [6, 6.07) is 8.46. The molecule has 0 bridgehead atoms. The Morgan fingerprint density at radius 2 is 1.97 bits per heavy atom. The smallest absolute Gasteiger partial charge is 0.251 e. The van der Waals surface area contributed by atoms with E-state index in [0.29, 0.717) is 11.5 Å². The van der Waals surface area contributed by atoms with Gasteiger partial charge >= 0.3 is 0 Å². The molecular weight excluding hydrogens is 478 g/mol. The molecule has 0 radical (unpaired) electrons. The third-order valence-electron chi connectivity index (χ3n) is 5.59. The number of halogens is 2. The summed E-state index contributed by atoms with van der Waals surface area (Å²) in [7, 11) is 0. The van der Waals surface area contributed by atoms with Gasteiger partial charge in [-0.25, -0.2) is 13.8 Å². The van der Waals surface area contributed by atoms with Crippen LogP contribution >= 0.6 is 11.3 Å². The second kappa shape index (κ2) is 9.33. The second-order valence-corrected chi connectivity index (χ2v) is 9.92. The molecule has 1 fully saturated rings. The maximum atomic E-state index is 14.9. The second-order valence-electron chi connectivity index (χ2n) is 8.86. The Morgan fingerprint density at radius 1 is 1.29 bits per heavy atom. The van der Waals surface area contributed by atoms with Crippen LogP contribution in [0.1, 0.15) is 41.9 Å². The summed E-state index contributed by atoms with van der Waals surface area (Å²) in [5, 5.41) is 23.0. The van der Waals surface area contributed by atoms with Gasteiger partial charge in [0.25, 0.3) is 5.91 Å². The van der Waals surface area contributed by atoms with Crippen molar-refractivity contribution in [3.63, 3.8) is 0 Å². The highest BCUT2D eigenvalue weighted by Crippen LogP contribution is 2.40. The Morgan fingerprint density at radius 3 is 2.54 bits per heavy atom. The number of nitrogens with two attached hydrogens (primary N) is 1. The summed E-state index contributed by atoms with van der Waals surface area (Å²) >= 11 is 0.925. The van der Waals surface area contributed by atoms with Crippen LogP contribution in [0.3, 0.4) is 0 Å². The van der Waals surface area contributed by atoms with Crippen LogP contribution in [-0.2, 0) is 16.9 Å². The van der Waals surface area contributed by atoms with E-state index in [0.717, 1.165) is 23.5 Å². The highest BCUT2D eigenvalue weighted by Gasteiger charge is 2.28. The van der Waals surface area contributed by atoms with Crippen molar-refractivity contribution < 1.29 is 28.6 Å². The molecule has 2 aromatic heterocycles. The summed E-state index contributed by atoms with van der Waals surface area (Å²) in [4.78, 5) is 30.1. The van der Waals surface area contributed by atoms with Crippen LogP contribution in [-0.4, -0.2) is 44.6 Å². The third kappa shape index (κ3) is 5.31. The highest BCUT2D eigenvalue weighted by molar-refractivity contribution is 7.20. The summed E-state index contributed by atoms with van der Waals surface area (Å²) in [6.07, 6.45) is -0.633. The van der Waals surface area contributed by atoms with Gasteiger partial charge in [-0.1, -0.05) is 6.07 Å². The molecule has 5 N–H and O–H groups in total. The summed E-state index contributed by atoms with van der Waals surface area (Å²) < 4.78 is 29.7. The van der Waals surface area contributed by atoms with Crippen LogP contribution in [0.5, 0.6) is 0 Å². The molecule has 3 heterocycles. The zero-order valence-corrected chi connectivity index (χ0v) is 19.8. The van der Waals surface area contributed by atoms with Crippen molar-refractivity contribution >= 4 is 34.0 Å². The Balaban J connectivity index is 1.64. The molecule has 3 aromatic rings. The van der Waals surface area contributed by atoms with Gasteiger partial charge in [-0.15, -0.1) is 11.3 Å². The maximum Gasteiger partial charge on any atom is 0.251 e. The SMILES string of the molecule is CC(C)(O)c1cc(F)c(-c2cc(C(N)=O)c(Nc3cccc(CN4C[C@@H](O)CC4=O)n3)s2)c(F)c1. The van der Waals surface area contributed by atoms with E-state index in [9.17, 15) is 28.6 Å². The largest absolute Gasteiger partial charge is 0.391 e. The lowest BCUT2D eigenvalue weighted by Gasteiger charge is -2.18. The number of aromatic nitrogens is 1. The summed E-state index contributed by atoms with van der Waals surface area (Å²) in [5.74, 6) is -2.40. The molecule has 0 unspecified atom stereocenters. The number of aliphatic hydroxyl groups excluding tert-OH is 1. The molecule has 11 heteroatoms. The van der Waals surface area contributed by atoms with Gasteiger partial charge < -0.3 is 26.2 Å². The van der Waals surface area contributed by atoms with Gasteiger partial charge in [0.2, 0.25) is 5.91 Å². The minimum Gasteiger partial charge on any atom is -0.391 e. The maximum absolute atomic E-state index is 14.9. The van der Waals surface area contributed by atoms with Crippen LogP contribution in [0.25, 0.3) is 10.4 Å². The zero-order valence-electron chi connectivity index (χ0n) is 19.0. The first-order chi connectivity index (χ1) is 16.4. The molecular formula is C24H24F2N4O4S. The number of benzene rings is 1. The molecule has 2 amide bonds. The van der Waals surface area contributed by atoms with E-state index in [2.05, 4.69) is 10.3 Å². The molecule has 4 rings (SSSR count). The number of anilines is 2. The minimum absolute atomic E-state index is 0.0282. The van der Waals surface area contributed by atoms with Crippen molar-refractivity contribution in [2.75, 3.05) is 11.9 Å². The fourth-order valence-corrected chi connectivity index (χ4v) is 4.92. The minimum atomic E-state index is -1.44. The fourth-order valence-electron chi connectivity index (χ4n) is 3.81. The predicted molar refractivity (Wildman–Crippen MR) is 127 cm³/mol. The van der Waals surface area contributed by atoms with Gasteiger partial charge in [0.05, 0.1) is 41.5 Å². The lowest BCUT2D eigenvalue weighted by Crippen LogP contribution is -2.25. The van der Waals surface area contributed by atoms with Gasteiger partial charge in [-0.2, -0.15) is 0 Å². The number of thiophene rings is 1. The number of rotatable bonds is 7. The highest BCUT2D eigenvalue weighted by atomic mass is 32.1. The number of nitrogens with zero attached hydrogens (tertiary/aromatic N) is 2. The average molecular weight is 503 g/mol. The number of primary amides is 1. The number of carbonyl (C=O) groups is 2. The van der Waals surface area contributed by atoms with Gasteiger partial charge in [-0.05, 0) is 49.7 Å². The number of amides is 2. The van der Waals surface area contributed by atoms with Crippen LogP contribution in [0.2, 0.25) is 0 Å². The van der Waals surface area contributed by atoms with E-state index >= 15 is 0 Å².